The van der Waals surface area contributed by atoms with Gasteiger partial charge in [-0.15, -0.1) is 0 Å². The van der Waals surface area contributed by atoms with E-state index in [1.165, 1.54) is 117 Å². The van der Waals surface area contributed by atoms with Crippen LogP contribution in [-0.2, 0) is 0 Å². The van der Waals surface area contributed by atoms with Gasteiger partial charge in [-0.25, -0.2) is 0 Å². The third-order valence-electron chi connectivity index (χ3n) is 8.63. The van der Waals surface area contributed by atoms with E-state index in [1.54, 1.807) is 16.0 Å². The molecule has 0 bridgehead atoms. The standard InChI is InChI=1S/C34H48Si/c1-4-7-10-13-25-35(26-14-11-8-5-2,27-15-12-9-6-3)32-24-22-30-20-19-28-17-16-18-29-21-23-31(32)34(30)33(28)29/h16-24H,4-15,25-27H2,1-3H3. The molecule has 4 rings (SSSR count). The second-order valence-electron chi connectivity index (χ2n) is 11.2. The van der Waals surface area contributed by atoms with E-state index in [1.807, 2.05) is 0 Å². The molecule has 0 N–H and O–H groups in total. The Morgan fingerprint density at radius 1 is 0.457 bits per heavy atom. The Morgan fingerprint density at radius 2 is 0.914 bits per heavy atom. The molecule has 0 heterocycles. The molecule has 0 saturated carbocycles. The van der Waals surface area contributed by atoms with Crippen LogP contribution in [0.1, 0.15) is 97.8 Å². The van der Waals surface area contributed by atoms with Crippen molar-refractivity contribution < 1.29 is 0 Å². The van der Waals surface area contributed by atoms with Crippen molar-refractivity contribution in [1.29, 1.82) is 0 Å². The SMILES string of the molecule is CCCCCC[Si](CCCCCC)(CCCCCC)c1ccc2ccc3cccc4ccc1c2c34. The average Bonchev–Trinajstić information content (AvgIpc) is 2.90. The van der Waals surface area contributed by atoms with Gasteiger partial charge in [-0.1, -0.05) is 176 Å². The Bertz CT molecular complexity index is 1130. The third-order valence-corrected chi connectivity index (χ3v) is 14.1. The zero-order chi connectivity index (χ0) is 24.5. The van der Waals surface area contributed by atoms with E-state index in [2.05, 4.69) is 75.4 Å². The summed E-state index contributed by atoms with van der Waals surface area (Å²) in [7, 11) is -1.61. The van der Waals surface area contributed by atoms with E-state index >= 15 is 0 Å². The van der Waals surface area contributed by atoms with Gasteiger partial charge >= 0.3 is 0 Å². The molecule has 0 spiro atoms. The lowest BCUT2D eigenvalue weighted by molar-refractivity contribution is 0.668. The summed E-state index contributed by atoms with van der Waals surface area (Å²) in [6, 6.07) is 26.0. The molecule has 188 valence electrons. The van der Waals surface area contributed by atoms with Crippen LogP contribution in [0, 0.1) is 0 Å². The van der Waals surface area contributed by atoms with Gasteiger partial charge in [0.05, 0.1) is 8.07 Å². The molecule has 0 aromatic heterocycles. The minimum Gasteiger partial charge on any atom is -0.0654 e. The van der Waals surface area contributed by atoms with Crippen molar-refractivity contribution in [1.82, 2.24) is 0 Å². The Kier molecular flexibility index (Phi) is 9.66. The first-order chi connectivity index (χ1) is 17.2. The molecule has 4 aromatic rings. The van der Waals surface area contributed by atoms with Gasteiger partial charge in [0, 0.05) is 0 Å². The highest BCUT2D eigenvalue weighted by Gasteiger charge is 2.35. The van der Waals surface area contributed by atoms with Crippen LogP contribution < -0.4 is 5.19 Å². The zero-order valence-electron chi connectivity index (χ0n) is 22.8. The minimum absolute atomic E-state index is 1.33. The minimum atomic E-state index is -1.61. The van der Waals surface area contributed by atoms with Crippen molar-refractivity contribution in [3.63, 3.8) is 0 Å². The van der Waals surface area contributed by atoms with E-state index in [9.17, 15) is 0 Å². The van der Waals surface area contributed by atoms with Gasteiger partial charge in [-0.05, 0) is 32.3 Å². The quantitative estimate of drug-likeness (QED) is 0.0842. The fourth-order valence-corrected chi connectivity index (χ4v) is 12.2. The molecule has 0 aliphatic rings. The van der Waals surface area contributed by atoms with Gasteiger partial charge in [0.25, 0.3) is 0 Å². The highest BCUT2D eigenvalue weighted by molar-refractivity contribution is 6.93. The summed E-state index contributed by atoms with van der Waals surface area (Å²) in [6.07, 6.45) is 16.7. The molecule has 0 saturated heterocycles. The summed E-state index contributed by atoms with van der Waals surface area (Å²) in [5.41, 5.74) is 0. The fraction of sp³-hybridized carbons (Fsp3) is 0.529. The molecule has 0 unspecified atom stereocenters. The van der Waals surface area contributed by atoms with Crippen LogP contribution in [0.15, 0.2) is 54.6 Å². The lowest BCUT2D eigenvalue weighted by atomic mass is 9.94. The molecule has 0 radical (unpaired) electrons. The number of benzene rings is 4. The number of hydrogen-bond donors (Lipinski definition) is 0. The third kappa shape index (κ3) is 5.93. The van der Waals surface area contributed by atoms with Gasteiger partial charge in [0.2, 0.25) is 0 Å². The van der Waals surface area contributed by atoms with Crippen LogP contribution >= 0.6 is 0 Å². The Labute approximate surface area is 215 Å². The topological polar surface area (TPSA) is 0 Å². The maximum absolute atomic E-state index is 2.60. The largest absolute Gasteiger partial charge is 0.0875 e. The predicted octanol–water partition coefficient (Wildman–Crippen LogP) is 11.0. The van der Waals surface area contributed by atoms with Gasteiger partial charge in [-0.3, -0.25) is 0 Å². The van der Waals surface area contributed by atoms with Crippen molar-refractivity contribution in [3.05, 3.63) is 54.6 Å². The fourth-order valence-electron chi connectivity index (χ4n) is 6.65. The van der Waals surface area contributed by atoms with Crippen LogP contribution in [0.3, 0.4) is 0 Å². The maximum Gasteiger partial charge on any atom is 0.0875 e. The molecule has 0 nitrogen and oxygen atoms in total. The molecule has 35 heavy (non-hydrogen) atoms. The van der Waals surface area contributed by atoms with Crippen LogP contribution in [-0.4, -0.2) is 8.07 Å². The molecule has 0 amide bonds. The van der Waals surface area contributed by atoms with Crippen molar-refractivity contribution in [3.8, 4) is 0 Å². The zero-order valence-corrected chi connectivity index (χ0v) is 23.8. The highest BCUT2D eigenvalue weighted by Crippen LogP contribution is 2.37. The second-order valence-corrected chi connectivity index (χ2v) is 15.8. The van der Waals surface area contributed by atoms with E-state index in [4.69, 9.17) is 0 Å². The van der Waals surface area contributed by atoms with Gasteiger partial charge in [0.1, 0.15) is 0 Å². The van der Waals surface area contributed by atoms with Gasteiger partial charge in [-0.2, -0.15) is 0 Å². The van der Waals surface area contributed by atoms with Gasteiger partial charge in [0.15, 0.2) is 0 Å². The Hall–Kier alpha value is -1.86. The summed E-state index contributed by atoms with van der Waals surface area (Å²) in [5.74, 6) is 0. The summed E-state index contributed by atoms with van der Waals surface area (Å²) in [4.78, 5) is 0. The molecule has 4 aromatic carbocycles. The summed E-state index contributed by atoms with van der Waals surface area (Å²) in [5, 5.41) is 10.7. The smallest absolute Gasteiger partial charge is 0.0654 e. The molecule has 0 fully saturated rings. The van der Waals surface area contributed by atoms with Crippen LogP contribution in [0.4, 0.5) is 0 Å². The molecule has 1 heteroatoms. The highest BCUT2D eigenvalue weighted by atomic mass is 28.3. The first-order valence-corrected chi connectivity index (χ1v) is 17.5. The summed E-state index contributed by atoms with van der Waals surface area (Å²) < 4.78 is 0. The lowest BCUT2D eigenvalue weighted by Gasteiger charge is -2.35. The second kappa shape index (κ2) is 12.9. The number of rotatable bonds is 16. The van der Waals surface area contributed by atoms with Crippen molar-refractivity contribution in [2.75, 3.05) is 0 Å². The lowest BCUT2D eigenvalue weighted by Crippen LogP contribution is -2.48. The number of unbranched alkanes of at least 4 members (excludes halogenated alkanes) is 9. The van der Waals surface area contributed by atoms with Crippen molar-refractivity contribution in [2.24, 2.45) is 0 Å². The average molecular weight is 485 g/mol. The summed E-state index contributed by atoms with van der Waals surface area (Å²) in [6.45, 7) is 7.04. The van der Waals surface area contributed by atoms with Crippen molar-refractivity contribution >= 4 is 45.6 Å². The van der Waals surface area contributed by atoms with Crippen LogP contribution in [0.2, 0.25) is 18.1 Å². The molecule has 0 aliphatic heterocycles. The monoisotopic (exact) mass is 484 g/mol. The predicted molar refractivity (Wildman–Crippen MR) is 162 cm³/mol. The van der Waals surface area contributed by atoms with Gasteiger partial charge < -0.3 is 0 Å². The van der Waals surface area contributed by atoms with E-state index in [0.717, 1.165) is 0 Å². The van der Waals surface area contributed by atoms with E-state index in [-0.39, 0.29) is 0 Å². The molecular weight excluding hydrogens is 436 g/mol. The maximum atomic E-state index is 2.60. The van der Waals surface area contributed by atoms with Crippen LogP contribution in [0.5, 0.6) is 0 Å². The molecule has 0 atom stereocenters. The normalized spacial score (nSPS) is 12.4. The summed E-state index contributed by atoms with van der Waals surface area (Å²) >= 11 is 0. The van der Waals surface area contributed by atoms with Crippen molar-refractivity contribution in [2.45, 2.75) is 116 Å². The Balaban J connectivity index is 1.81. The number of hydrogen-bond acceptors (Lipinski definition) is 0. The first-order valence-electron chi connectivity index (χ1n) is 14.9. The molecule has 0 aliphatic carbocycles. The van der Waals surface area contributed by atoms with E-state index in [0.29, 0.717) is 0 Å². The van der Waals surface area contributed by atoms with E-state index < -0.39 is 8.07 Å². The Morgan fingerprint density at radius 3 is 1.43 bits per heavy atom. The van der Waals surface area contributed by atoms with Crippen LogP contribution in [0.25, 0.3) is 32.3 Å². The first kappa shape index (κ1) is 26.2. The molecular formula is C34H48Si.